The van der Waals surface area contributed by atoms with Gasteiger partial charge in [0.15, 0.2) is 0 Å². The van der Waals surface area contributed by atoms with Gasteiger partial charge in [0.25, 0.3) is 0 Å². The lowest BCUT2D eigenvalue weighted by molar-refractivity contribution is 0.0315. The molecule has 0 aromatic heterocycles. The van der Waals surface area contributed by atoms with Gasteiger partial charge in [-0.2, -0.15) is 8.42 Å². The molecule has 1 rings (SSSR count). The van der Waals surface area contributed by atoms with E-state index in [9.17, 15) is 8.42 Å². The fraction of sp³-hybridized carbons (Fsp3) is 1.00. The predicted octanol–water partition coefficient (Wildman–Crippen LogP) is 5.86. The van der Waals surface area contributed by atoms with E-state index in [4.69, 9.17) is 13.1 Å². The van der Waals surface area contributed by atoms with Crippen LogP contribution in [0.1, 0.15) is 110 Å². The Morgan fingerprint density at radius 2 is 1.06 bits per heavy atom. The van der Waals surface area contributed by atoms with Crippen molar-refractivity contribution in [3.63, 3.8) is 0 Å². The van der Waals surface area contributed by atoms with E-state index in [1.165, 1.54) is 83.5 Å². The number of ether oxygens (including phenoxy) is 1. The molecule has 0 radical (unpaired) electrons. The molecule has 31 heavy (non-hydrogen) atoms. The molecule has 0 aromatic carbocycles. The first-order valence-corrected chi connectivity index (χ1v) is 14.3. The van der Waals surface area contributed by atoms with Crippen LogP contribution in [0.4, 0.5) is 0 Å². The van der Waals surface area contributed by atoms with Crippen LogP contribution in [0.25, 0.3) is 0 Å². The number of morpholine rings is 1. The molecule has 186 valence electrons. The molecule has 0 N–H and O–H groups in total. The van der Waals surface area contributed by atoms with Gasteiger partial charge in [-0.15, -0.1) is 0 Å². The molecule has 1 fully saturated rings. The average molecular weight is 464 g/mol. The smallest absolute Gasteiger partial charge is 0.379 e. The highest BCUT2D eigenvalue weighted by atomic mass is 32.3. The summed E-state index contributed by atoms with van der Waals surface area (Å²) < 4.78 is 38.6. The summed E-state index contributed by atoms with van der Waals surface area (Å²) in [6.45, 7) is 6.26. The number of unbranched alkanes of at least 4 members (excludes halogenated alkanes) is 15. The van der Waals surface area contributed by atoms with E-state index in [0.717, 1.165) is 32.4 Å². The summed E-state index contributed by atoms with van der Waals surface area (Å²) in [5.74, 6) is 0. The maximum absolute atomic E-state index is 11.7. The fourth-order valence-corrected chi connectivity index (χ4v) is 4.61. The van der Waals surface area contributed by atoms with Crippen LogP contribution >= 0.6 is 0 Å². The van der Waals surface area contributed by atoms with Crippen LogP contribution in [-0.2, 0) is 23.5 Å². The first kappa shape index (κ1) is 28.8. The van der Waals surface area contributed by atoms with Crippen molar-refractivity contribution in [2.24, 2.45) is 0 Å². The molecule has 0 unspecified atom stereocenters. The minimum absolute atomic E-state index is 0.140. The van der Waals surface area contributed by atoms with Gasteiger partial charge >= 0.3 is 10.4 Å². The normalized spacial score (nSPS) is 15.5. The van der Waals surface area contributed by atoms with Crippen LogP contribution in [0.3, 0.4) is 0 Å². The van der Waals surface area contributed by atoms with E-state index in [1.807, 2.05) is 0 Å². The van der Waals surface area contributed by atoms with Crippen molar-refractivity contribution >= 4 is 10.4 Å². The summed E-state index contributed by atoms with van der Waals surface area (Å²) in [5, 5.41) is 0. The van der Waals surface area contributed by atoms with Gasteiger partial charge in [-0.05, 0) is 6.42 Å². The number of rotatable bonds is 22. The first-order valence-electron chi connectivity index (χ1n) is 13.0. The average Bonchev–Trinajstić information content (AvgIpc) is 2.76. The van der Waals surface area contributed by atoms with Gasteiger partial charge < -0.3 is 4.74 Å². The number of hydrogen-bond donors (Lipinski definition) is 0. The Hall–Kier alpha value is -0.210. The van der Waals surface area contributed by atoms with Gasteiger partial charge in [-0.1, -0.05) is 103 Å². The molecule has 1 aliphatic heterocycles. The van der Waals surface area contributed by atoms with E-state index >= 15 is 0 Å². The molecule has 1 aliphatic rings. The summed E-state index contributed by atoms with van der Waals surface area (Å²) in [5.41, 5.74) is 0. The molecule has 0 saturated carbocycles. The van der Waals surface area contributed by atoms with Crippen LogP contribution in [-0.4, -0.2) is 59.4 Å². The first-order chi connectivity index (χ1) is 15.1. The van der Waals surface area contributed by atoms with Crippen molar-refractivity contribution in [3.05, 3.63) is 0 Å². The molecule has 6 nitrogen and oxygen atoms in total. The predicted molar refractivity (Wildman–Crippen MR) is 128 cm³/mol. The summed E-state index contributed by atoms with van der Waals surface area (Å²) in [6, 6.07) is 0. The molecule has 0 atom stereocenters. The molecule has 1 heterocycles. The quantitative estimate of drug-likeness (QED) is 0.187. The van der Waals surface area contributed by atoms with Crippen molar-refractivity contribution in [2.45, 2.75) is 110 Å². The van der Waals surface area contributed by atoms with Crippen molar-refractivity contribution in [1.82, 2.24) is 4.90 Å². The Labute approximate surface area is 192 Å². The van der Waals surface area contributed by atoms with Crippen LogP contribution < -0.4 is 0 Å². The zero-order valence-electron chi connectivity index (χ0n) is 20.2. The van der Waals surface area contributed by atoms with Gasteiger partial charge in [-0.3, -0.25) is 4.90 Å². The topological polar surface area (TPSA) is 65.1 Å². The van der Waals surface area contributed by atoms with Crippen LogP contribution in [0.15, 0.2) is 0 Å². The summed E-state index contributed by atoms with van der Waals surface area (Å²) in [6.07, 6.45) is 20.8. The lowest BCUT2D eigenvalue weighted by atomic mass is 10.0. The molecule has 7 heteroatoms. The maximum atomic E-state index is 11.7. The Bertz CT molecular complexity index is 480. The fourth-order valence-electron chi connectivity index (χ4n) is 3.94. The number of hydrogen-bond acceptors (Lipinski definition) is 6. The zero-order chi connectivity index (χ0) is 22.5. The van der Waals surface area contributed by atoms with Gasteiger partial charge in [0.2, 0.25) is 0 Å². The standard InChI is InChI=1S/C24H49NO5S/c1-2-3-4-5-6-7-8-9-10-11-12-13-14-15-16-17-21-29-31(26,27)30-24-20-25-18-22-28-23-19-25/h2-24H2,1H3. The Morgan fingerprint density at radius 1 is 0.645 bits per heavy atom. The lowest BCUT2D eigenvalue weighted by Crippen LogP contribution is -2.38. The Morgan fingerprint density at radius 3 is 1.55 bits per heavy atom. The van der Waals surface area contributed by atoms with Crippen LogP contribution in [0.2, 0.25) is 0 Å². The summed E-state index contributed by atoms with van der Waals surface area (Å²) in [4.78, 5) is 2.13. The highest BCUT2D eigenvalue weighted by Gasteiger charge is 2.14. The van der Waals surface area contributed by atoms with E-state index < -0.39 is 10.4 Å². The second-order valence-corrected chi connectivity index (χ2v) is 10.1. The maximum Gasteiger partial charge on any atom is 0.399 e. The van der Waals surface area contributed by atoms with E-state index in [1.54, 1.807) is 0 Å². The van der Waals surface area contributed by atoms with Gasteiger partial charge in [-0.25, -0.2) is 8.37 Å². The third-order valence-electron chi connectivity index (χ3n) is 5.96. The van der Waals surface area contributed by atoms with Crippen molar-refractivity contribution < 1.29 is 21.5 Å². The molecular formula is C24H49NO5S. The van der Waals surface area contributed by atoms with Crippen LogP contribution in [0.5, 0.6) is 0 Å². The van der Waals surface area contributed by atoms with Crippen LogP contribution in [0, 0.1) is 0 Å². The highest BCUT2D eigenvalue weighted by Crippen LogP contribution is 2.14. The Kier molecular flexibility index (Phi) is 19.0. The minimum atomic E-state index is -3.86. The molecule has 0 aromatic rings. The van der Waals surface area contributed by atoms with E-state index in [-0.39, 0.29) is 13.2 Å². The minimum Gasteiger partial charge on any atom is -0.379 e. The molecule has 0 spiro atoms. The molecular weight excluding hydrogens is 414 g/mol. The third kappa shape index (κ3) is 19.0. The second-order valence-electron chi connectivity index (χ2n) is 8.81. The number of nitrogens with zero attached hydrogens (tertiary/aromatic N) is 1. The highest BCUT2D eigenvalue weighted by molar-refractivity contribution is 7.81. The van der Waals surface area contributed by atoms with Crippen molar-refractivity contribution in [2.75, 3.05) is 46.1 Å². The summed E-state index contributed by atoms with van der Waals surface area (Å²) >= 11 is 0. The largest absolute Gasteiger partial charge is 0.399 e. The molecule has 0 bridgehead atoms. The Balaban J connectivity index is 1.78. The molecule has 0 amide bonds. The second kappa shape index (κ2) is 20.4. The SMILES string of the molecule is CCCCCCCCCCCCCCCCCCOS(=O)(=O)OCCN1CCOCC1. The molecule has 0 aliphatic carbocycles. The monoisotopic (exact) mass is 463 g/mol. The van der Waals surface area contributed by atoms with E-state index in [0.29, 0.717) is 19.8 Å². The van der Waals surface area contributed by atoms with Crippen molar-refractivity contribution in [1.29, 1.82) is 0 Å². The van der Waals surface area contributed by atoms with Gasteiger partial charge in [0.05, 0.1) is 26.4 Å². The summed E-state index contributed by atoms with van der Waals surface area (Å²) in [7, 11) is -3.86. The van der Waals surface area contributed by atoms with Gasteiger partial charge in [0.1, 0.15) is 0 Å². The lowest BCUT2D eigenvalue weighted by Gasteiger charge is -2.25. The molecule has 1 saturated heterocycles. The zero-order valence-corrected chi connectivity index (χ0v) is 21.0. The van der Waals surface area contributed by atoms with Crippen molar-refractivity contribution in [3.8, 4) is 0 Å². The third-order valence-corrected chi connectivity index (χ3v) is 6.88. The van der Waals surface area contributed by atoms with E-state index in [2.05, 4.69) is 11.8 Å². The van der Waals surface area contributed by atoms with Gasteiger partial charge in [0, 0.05) is 19.6 Å².